The summed E-state index contributed by atoms with van der Waals surface area (Å²) < 4.78 is 5.55. The fourth-order valence-electron chi connectivity index (χ4n) is 3.73. The minimum absolute atomic E-state index is 0.0762. The predicted molar refractivity (Wildman–Crippen MR) is 121 cm³/mol. The Balaban J connectivity index is 1.31. The molecule has 0 bridgehead atoms. The number of carbonyl (C=O) groups is 2. The molecule has 31 heavy (non-hydrogen) atoms. The Morgan fingerprint density at radius 1 is 1.00 bits per heavy atom. The first-order chi connectivity index (χ1) is 15.2. The summed E-state index contributed by atoms with van der Waals surface area (Å²) in [6.07, 6.45) is 2.98. The van der Waals surface area contributed by atoms with Crippen molar-refractivity contribution in [2.24, 2.45) is 0 Å². The number of carbonyl (C=O) groups excluding carboxylic acids is 2. The summed E-state index contributed by atoms with van der Waals surface area (Å²) in [5.41, 5.74) is 4.12. The fourth-order valence-corrected chi connectivity index (χ4v) is 3.73. The zero-order chi connectivity index (χ0) is 21.5. The van der Waals surface area contributed by atoms with Gasteiger partial charge in [0.1, 0.15) is 0 Å². The molecular weight excluding hydrogens is 390 g/mol. The fraction of sp³-hybridized carbons (Fsp3) is 0.280. The Hall–Kier alpha value is -3.38. The number of aromatic nitrogens is 1. The summed E-state index contributed by atoms with van der Waals surface area (Å²) in [6.45, 7) is 1.23. The Bertz CT molecular complexity index is 1020. The van der Waals surface area contributed by atoms with Gasteiger partial charge in [0.2, 0.25) is 5.91 Å². The van der Waals surface area contributed by atoms with E-state index in [4.69, 9.17) is 4.74 Å². The van der Waals surface area contributed by atoms with Gasteiger partial charge in [0.15, 0.2) is 0 Å². The van der Waals surface area contributed by atoms with Crippen molar-refractivity contribution >= 4 is 17.5 Å². The largest absolute Gasteiger partial charge is 0.376 e. The minimum atomic E-state index is -0.205. The molecule has 3 aromatic rings. The van der Waals surface area contributed by atoms with Gasteiger partial charge in [-0.1, -0.05) is 42.5 Å². The van der Waals surface area contributed by atoms with E-state index < -0.39 is 0 Å². The molecule has 2 heterocycles. The first-order valence-corrected chi connectivity index (χ1v) is 10.7. The van der Waals surface area contributed by atoms with Crippen molar-refractivity contribution in [3.05, 3.63) is 78.0 Å². The number of anilines is 1. The molecule has 1 aromatic heterocycles. The Kier molecular flexibility index (Phi) is 6.79. The SMILES string of the molecule is O=C(CCc1ccc(-c2ccccc2)[nH]1)Nc1ccccc1C(=O)NCC1CCCO1. The lowest BCUT2D eigenvalue weighted by molar-refractivity contribution is -0.116. The summed E-state index contributed by atoms with van der Waals surface area (Å²) >= 11 is 0. The van der Waals surface area contributed by atoms with Crippen LogP contribution in [0.3, 0.4) is 0 Å². The lowest BCUT2D eigenvalue weighted by atomic mass is 10.1. The van der Waals surface area contributed by atoms with Crippen molar-refractivity contribution in [3.8, 4) is 11.3 Å². The Labute approximate surface area is 182 Å². The molecule has 0 aliphatic carbocycles. The second-order valence-corrected chi connectivity index (χ2v) is 7.70. The second-order valence-electron chi connectivity index (χ2n) is 7.70. The van der Waals surface area contributed by atoms with Crippen LogP contribution in [0.5, 0.6) is 0 Å². The summed E-state index contributed by atoms with van der Waals surface area (Å²) in [5.74, 6) is -0.335. The number of ether oxygens (including phenoxy) is 1. The van der Waals surface area contributed by atoms with Crippen LogP contribution in [-0.2, 0) is 16.0 Å². The molecule has 0 spiro atoms. The second kappa shape index (κ2) is 10.1. The van der Waals surface area contributed by atoms with E-state index in [1.165, 1.54) is 0 Å². The highest BCUT2D eigenvalue weighted by Gasteiger charge is 2.18. The van der Waals surface area contributed by atoms with E-state index in [1.807, 2.05) is 48.5 Å². The lowest BCUT2D eigenvalue weighted by Gasteiger charge is -2.13. The molecule has 1 unspecified atom stereocenters. The van der Waals surface area contributed by atoms with Gasteiger partial charge < -0.3 is 20.4 Å². The molecule has 1 fully saturated rings. The van der Waals surface area contributed by atoms with E-state index >= 15 is 0 Å². The monoisotopic (exact) mass is 417 g/mol. The molecule has 4 rings (SSSR count). The van der Waals surface area contributed by atoms with Crippen LogP contribution >= 0.6 is 0 Å². The van der Waals surface area contributed by atoms with E-state index in [2.05, 4.69) is 15.6 Å². The van der Waals surface area contributed by atoms with Gasteiger partial charge in [-0.2, -0.15) is 0 Å². The molecule has 1 aliphatic heterocycles. The van der Waals surface area contributed by atoms with Crippen LogP contribution in [0, 0.1) is 0 Å². The van der Waals surface area contributed by atoms with Crippen molar-refractivity contribution in [2.75, 3.05) is 18.5 Å². The summed E-state index contributed by atoms with van der Waals surface area (Å²) in [4.78, 5) is 28.5. The quantitative estimate of drug-likeness (QED) is 0.515. The average molecular weight is 418 g/mol. The van der Waals surface area contributed by atoms with Crippen LogP contribution in [0.15, 0.2) is 66.7 Å². The number of aryl methyl sites for hydroxylation is 1. The number of aromatic amines is 1. The summed E-state index contributed by atoms with van der Waals surface area (Å²) in [7, 11) is 0. The molecule has 160 valence electrons. The third-order valence-corrected chi connectivity index (χ3v) is 5.41. The number of amides is 2. The molecular formula is C25H27N3O3. The van der Waals surface area contributed by atoms with Crippen molar-refractivity contribution in [3.63, 3.8) is 0 Å². The van der Waals surface area contributed by atoms with E-state index in [0.717, 1.165) is 36.4 Å². The van der Waals surface area contributed by atoms with E-state index in [1.54, 1.807) is 18.2 Å². The van der Waals surface area contributed by atoms with Gasteiger partial charge in [0, 0.05) is 31.0 Å². The molecule has 6 heteroatoms. The maximum Gasteiger partial charge on any atom is 0.253 e. The molecule has 1 aliphatic rings. The topological polar surface area (TPSA) is 83.2 Å². The van der Waals surface area contributed by atoms with Crippen LogP contribution in [0.25, 0.3) is 11.3 Å². The number of hydrogen-bond acceptors (Lipinski definition) is 3. The molecule has 1 saturated heterocycles. The number of para-hydroxylation sites is 1. The summed E-state index contributed by atoms with van der Waals surface area (Å²) in [5, 5.41) is 5.79. The van der Waals surface area contributed by atoms with Crippen LogP contribution in [0.2, 0.25) is 0 Å². The molecule has 3 N–H and O–H groups in total. The van der Waals surface area contributed by atoms with Crippen LogP contribution < -0.4 is 10.6 Å². The first kappa shape index (κ1) is 20.9. The maximum atomic E-state index is 12.6. The molecule has 2 amide bonds. The zero-order valence-electron chi connectivity index (χ0n) is 17.4. The van der Waals surface area contributed by atoms with E-state index in [9.17, 15) is 9.59 Å². The van der Waals surface area contributed by atoms with E-state index in [-0.39, 0.29) is 17.9 Å². The predicted octanol–water partition coefficient (Wildman–Crippen LogP) is 4.16. The van der Waals surface area contributed by atoms with Crippen molar-refractivity contribution < 1.29 is 14.3 Å². The molecule has 0 saturated carbocycles. The number of benzene rings is 2. The van der Waals surface area contributed by atoms with Gasteiger partial charge in [-0.15, -0.1) is 0 Å². The van der Waals surface area contributed by atoms with Gasteiger partial charge >= 0.3 is 0 Å². The number of H-pyrrole nitrogens is 1. The van der Waals surface area contributed by atoms with Gasteiger partial charge in [0.05, 0.1) is 17.4 Å². The van der Waals surface area contributed by atoms with Gasteiger partial charge in [0.25, 0.3) is 5.91 Å². The molecule has 1 atom stereocenters. The van der Waals surface area contributed by atoms with Gasteiger partial charge in [-0.3, -0.25) is 9.59 Å². The number of nitrogens with one attached hydrogen (secondary N) is 3. The average Bonchev–Trinajstić information content (AvgIpc) is 3.49. The lowest BCUT2D eigenvalue weighted by Crippen LogP contribution is -2.32. The van der Waals surface area contributed by atoms with Crippen LogP contribution in [0.4, 0.5) is 5.69 Å². The Morgan fingerprint density at radius 2 is 1.81 bits per heavy atom. The molecule has 2 aromatic carbocycles. The maximum absolute atomic E-state index is 12.6. The molecule has 0 radical (unpaired) electrons. The standard InChI is InChI=1S/C25H27N3O3/c29-24(15-13-19-12-14-22(27-19)18-7-2-1-3-8-18)28-23-11-5-4-10-21(23)25(30)26-17-20-9-6-16-31-20/h1-5,7-8,10-12,14,20,27H,6,9,13,15-17H2,(H,26,30)(H,28,29). The number of rotatable bonds is 8. The molecule has 6 nitrogen and oxygen atoms in total. The van der Waals surface area contributed by atoms with Crippen molar-refractivity contribution in [2.45, 2.75) is 31.8 Å². The zero-order valence-corrected chi connectivity index (χ0v) is 17.4. The van der Waals surface area contributed by atoms with Crippen LogP contribution in [0.1, 0.15) is 35.3 Å². The number of hydrogen-bond donors (Lipinski definition) is 3. The Morgan fingerprint density at radius 3 is 2.61 bits per heavy atom. The third kappa shape index (κ3) is 5.61. The smallest absolute Gasteiger partial charge is 0.253 e. The van der Waals surface area contributed by atoms with Crippen LogP contribution in [-0.4, -0.2) is 36.1 Å². The first-order valence-electron chi connectivity index (χ1n) is 10.7. The highest BCUT2D eigenvalue weighted by atomic mass is 16.5. The van der Waals surface area contributed by atoms with Gasteiger partial charge in [-0.25, -0.2) is 0 Å². The normalized spacial score (nSPS) is 15.5. The van der Waals surface area contributed by atoms with Crippen molar-refractivity contribution in [1.29, 1.82) is 0 Å². The highest BCUT2D eigenvalue weighted by molar-refractivity contribution is 6.03. The third-order valence-electron chi connectivity index (χ3n) is 5.41. The van der Waals surface area contributed by atoms with E-state index in [0.29, 0.717) is 30.6 Å². The van der Waals surface area contributed by atoms with Crippen molar-refractivity contribution in [1.82, 2.24) is 10.3 Å². The minimum Gasteiger partial charge on any atom is -0.376 e. The van der Waals surface area contributed by atoms with Gasteiger partial charge in [-0.05, 0) is 49.1 Å². The summed E-state index contributed by atoms with van der Waals surface area (Å²) in [6, 6.07) is 21.2. The highest BCUT2D eigenvalue weighted by Crippen LogP contribution is 2.19.